The lowest BCUT2D eigenvalue weighted by Gasteiger charge is -2.18. The number of anilines is 1. The van der Waals surface area contributed by atoms with Gasteiger partial charge in [0.05, 0.1) is 9.95 Å². The van der Waals surface area contributed by atoms with Crippen molar-refractivity contribution in [3.8, 4) is 0 Å². The van der Waals surface area contributed by atoms with Crippen LogP contribution in [0.15, 0.2) is 12.3 Å². The quantitative estimate of drug-likeness (QED) is 0.671. The number of halogens is 1. The highest BCUT2D eigenvalue weighted by atomic mass is 35.5. The van der Waals surface area contributed by atoms with E-state index in [9.17, 15) is 14.9 Å². The molecule has 1 saturated heterocycles. The Morgan fingerprint density at radius 3 is 3.00 bits per heavy atom. The summed E-state index contributed by atoms with van der Waals surface area (Å²) in [7, 11) is 0. The van der Waals surface area contributed by atoms with E-state index in [1.165, 1.54) is 6.07 Å². The third-order valence-electron chi connectivity index (χ3n) is 3.07. The van der Waals surface area contributed by atoms with Crippen LogP contribution in [-0.4, -0.2) is 34.1 Å². The summed E-state index contributed by atoms with van der Waals surface area (Å²) < 4.78 is 0. The maximum absolute atomic E-state index is 10.6. The molecule has 0 aliphatic carbocycles. The number of aromatic nitrogens is 1. The first kappa shape index (κ1) is 13.5. The van der Waals surface area contributed by atoms with Gasteiger partial charge in [0.15, 0.2) is 0 Å². The number of hydrogen-bond donors (Lipinski definition) is 1. The minimum absolute atomic E-state index is 0.0607. The molecule has 2 rings (SSSR count). The highest BCUT2D eigenvalue weighted by Gasteiger charge is 2.27. The highest BCUT2D eigenvalue weighted by molar-refractivity contribution is 6.33. The Balaban J connectivity index is 2.11. The van der Waals surface area contributed by atoms with E-state index >= 15 is 0 Å². The molecular weight excluding hydrogens is 274 g/mol. The van der Waals surface area contributed by atoms with Crippen molar-refractivity contribution in [1.82, 2.24) is 4.98 Å². The SMILES string of the molecule is O=C(O)CC1CCN(c2ncc([N+](=O)[O-])cc2Cl)C1. The zero-order chi connectivity index (χ0) is 14.0. The van der Waals surface area contributed by atoms with E-state index in [2.05, 4.69) is 4.98 Å². The van der Waals surface area contributed by atoms with E-state index in [4.69, 9.17) is 16.7 Å². The predicted molar refractivity (Wildman–Crippen MR) is 68.5 cm³/mol. The molecule has 1 aliphatic heterocycles. The molecule has 1 aliphatic rings. The van der Waals surface area contributed by atoms with Crippen molar-refractivity contribution in [2.24, 2.45) is 5.92 Å². The molecule has 0 aromatic carbocycles. The van der Waals surface area contributed by atoms with E-state index in [0.717, 1.165) is 12.6 Å². The molecule has 7 nitrogen and oxygen atoms in total. The highest BCUT2D eigenvalue weighted by Crippen LogP contribution is 2.31. The number of nitro groups is 1. The number of nitrogens with zero attached hydrogens (tertiary/aromatic N) is 3. The number of carboxylic acids is 1. The number of carboxylic acid groups (broad SMARTS) is 1. The van der Waals surface area contributed by atoms with Crippen LogP contribution in [0.25, 0.3) is 0 Å². The van der Waals surface area contributed by atoms with Gasteiger partial charge in [0.25, 0.3) is 5.69 Å². The Labute approximate surface area is 114 Å². The average Bonchev–Trinajstić information content (AvgIpc) is 2.76. The molecule has 0 bridgehead atoms. The molecule has 0 spiro atoms. The monoisotopic (exact) mass is 285 g/mol. The molecule has 19 heavy (non-hydrogen) atoms. The molecule has 102 valence electrons. The van der Waals surface area contributed by atoms with Gasteiger partial charge in [-0.1, -0.05) is 11.6 Å². The fourth-order valence-electron chi connectivity index (χ4n) is 2.19. The molecule has 1 atom stereocenters. The average molecular weight is 286 g/mol. The first-order valence-corrected chi connectivity index (χ1v) is 6.12. The van der Waals surface area contributed by atoms with Crippen molar-refractivity contribution >= 4 is 29.1 Å². The molecule has 1 unspecified atom stereocenters. The Bertz CT molecular complexity index is 523. The Kier molecular flexibility index (Phi) is 3.84. The largest absolute Gasteiger partial charge is 0.481 e. The molecule has 0 saturated carbocycles. The van der Waals surface area contributed by atoms with Crippen molar-refractivity contribution in [3.05, 3.63) is 27.4 Å². The van der Waals surface area contributed by atoms with Crippen LogP contribution in [0, 0.1) is 16.0 Å². The van der Waals surface area contributed by atoms with Gasteiger partial charge in [-0.05, 0) is 12.3 Å². The van der Waals surface area contributed by atoms with Crippen LogP contribution in [-0.2, 0) is 4.79 Å². The van der Waals surface area contributed by atoms with Crippen molar-refractivity contribution in [1.29, 1.82) is 0 Å². The second-order valence-electron chi connectivity index (χ2n) is 4.45. The minimum atomic E-state index is -0.824. The van der Waals surface area contributed by atoms with Gasteiger partial charge in [-0.25, -0.2) is 4.98 Å². The number of carbonyl (C=O) groups is 1. The van der Waals surface area contributed by atoms with Gasteiger partial charge in [0, 0.05) is 25.6 Å². The lowest BCUT2D eigenvalue weighted by Crippen LogP contribution is -2.22. The first-order valence-electron chi connectivity index (χ1n) is 5.74. The molecule has 1 aromatic rings. The van der Waals surface area contributed by atoms with Gasteiger partial charge in [0.1, 0.15) is 12.0 Å². The molecule has 8 heteroatoms. The van der Waals surface area contributed by atoms with E-state index in [-0.39, 0.29) is 23.0 Å². The zero-order valence-corrected chi connectivity index (χ0v) is 10.7. The summed E-state index contributed by atoms with van der Waals surface area (Å²) in [5, 5.41) is 19.5. The second kappa shape index (κ2) is 5.40. The maximum Gasteiger partial charge on any atom is 0.303 e. The lowest BCUT2D eigenvalue weighted by atomic mass is 10.1. The first-order chi connectivity index (χ1) is 8.97. The summed E-state index contributed by atoms with van der Waals surface area (Å²) in [6.45, 7) is 1.21. The summed E-state index contributed by atoms with van der Waals surface area (Å²) in [6, 6.07) is 1.26. The summed E-state index contributed by atoms with van der Waals surface area (Å²) in [6.07, 6.45) is 2.02. The van der Waals surface area contributed by atoms with Gasteiger partial charge in [0.2, 0.25) is 0 Å². The van der Waals surface area contributed by atoms with E-state index in [1.54, 1.807) is 0 Å². The van der Waals surface area contributed by atoms with Crippen LogP contribution in [0.3, 0.4) is 0 Å². The number of pyridine rings is 1. The summed E-state index contributed by atoms with van der Waals surface area (Å²) in [4.78, 5) is 26.5. The smallest absolute Gasteiger partial charge is 0.303 e. The molecule has 1 fully saturated rings. The Morgan fingerprint density at radius 2 is 2.42 bits per heavy atom. The third kappa shape index (κ3) is 3.11. The Morgan fingerprint density at radius 1 is 1.68 bits per heavy atom. The fraction of sp³-hybridized carbons (Fsp3) is 0.455. The number of rotatable bonds is 4. The van der Waals surface area contributed by atoms with Crippen molar-refractivity contribution in [3.63, 3.8) is 0 Å². The zero-order valence-electron chi connectivity index (χ0n) is 9.95. The molecule has 0 radical (unpaired) electrons. The lowest BCUT2D eigenvalue weighted by molar-refractivity contribution is -0.385. The van der Waals surface area contributed by atoms with Crippen LogP contribution in [0.5, 0.6) is 0 Å². The summed E-state index contributed by atoms with van der Waals surface area (Å²) in [5.74, 6) is -0.291. The summed E-state index contributed by atoms with van der Waals surface area (Å²) in [5.41, 5.74) is -0.157. The number of hydrogen-bond acceptors (Lipinski definition) is 5. The van der Waals surface area contributed by atoms with Gasteiger partial charge in [-0.15, -0.1) is 0 Å². The Hall–Kier alpha value is -1.89. The second-order valence-corrected chi connectivity index (χ2v) is 4.86. The minimum Gasteiger partial charge on any atom is -0.481 e. The molecular formula is C11H12ClN3O4. The topological polar surface area (TPSA) is 96.6 Å². The van der Waals surface area contributed by atoms with Gasteiger partial charge >= 0.3 is 5.97 Å². The normalized spacial score (nSPS) is 18.6. The van der Waals surface area contributed by atoms with Crippen LogP contribution >= 0.6 is 11.6 Å². The predicted octanol–water partition coefficient (Wildman–Crippen LogP) is 1.94. The standard InChI is InChI=1S/C11H12ClN3O4/c12-9-4-8(15(18)19)5-13-11(9)14-2-1-7(6-14)3-10(16)17/h4-5,7H,1-3,6H2,(H,16,17). The molecule has 1 N–H and O–H groups in total. The van der Waals surface area contributed by atoms with Crippen molar-refractivity contribution in [2.75, 3.05) is 18.0 Å². The number of aliphatic carboxylic acids is 1. The van der Waals surface area contributed by atoms with Crippen LogP contribution in [0.2, 0.25) is 5.02 Å². The maximum atomic E-state index is 10.6. The molecule has 0 amide bonds. The van der Waals surface area contributed by atoms with E-state index in [1.807, 2.05) is 4.90 Å². The third-order valence-corrected chi connectivity index (χ3v) is 3.34. The van der Waals surface area contributed by atoms with E-state index in [0.29, 0.717) is 18.9 Å². The van der Waals surface area contributed by atoms with Gasteiger partial charge in [-0.2, -0.15) is 0 Å². The molecule has 2 heterocycles. The van der Waals surface area contributed by atoms with Crippen LogP contribution in [0.1, 0.15) is 12.8 Å². The fourth-order valence-corrected chi connectivity index (χ4v) is 2.47. The van der Waals surface area contributed by atoms with Crippen molar-refractivity contribution in [2.45, 2.75) is 12.8 Å². The van der Waals surface area contributed by atoms with Crippen LogP contribution < -0.4 is 4.90 Å². The molecule has 1 aromatic heterocycles. The van der Waals surface area contributed by atoms with Gasteiger partial charge in [-0.3, -0.25) is 14.9 Å². The van der Waals surface area contributed by atoms with E-state index < -0.39 is 10.9 Å². The van der Waals surface area contributed by atoms with Gasteiger partial charge < -0.3 is 10.0 Å². The summed E-state index contributed by atoms with van der Waals surface area (Å²) >= 11 is 5.98. The van der Waals surface area contributed by atoms with Crippen LogP contribution in [0.4, 0.5) is 11.5 Å². The van der Waals surface area contributed by atoms with Crippen molar-refractivity contribution < 1.29 is 14.8 Å².